The van der Waals surface area contributed by atoms with Crippen molar-refractivity contribution in [2.75, 3.05) is 39.8 Å². The number of aliphatic hydroxyl groups excluding tert-OH is 1. The molecule has 18 heavy (non-hydrogen) atoms. The van der Waals surface area contributed by atoms with E-state index < -0.39 is 0 Å². The lowest BCUT2D eigenvalue weighted by Crippen LogP contribution is -2.46. The van der Waals surface area contributed by atoms with Gasteiger partial charge >= 0.3 is 0 Å². The van der Waals surface area contributed by atoms with Gasteiger partial charge in [-0.1, -0.05) is 26.7 Å². The van der Waals surface area contributed by atoms with E-state index in [0.29, 0.717) is 5.41 Å². The summed E-state index contributed by atoms with van der Waals surface area (Å²) in [5.41, 5.74) is 0.436. The van der Waals surface area contributed by atoms with Gasteiger partial charge in [-0.25, -0.2) is 0 Å². The first-order valence-electron chi connectivity index (χ1n) is 7.63. The number of hydrogen-bond acceptors (Lipinski definition) is 3. The van der Waals surface area contributed by atoms with Gasteiger partial charge in [-0.15, -0.1) is 0 Å². The fourth-order valence-electron chi connectivity index (χ4n) is 3.34. The Balaban J connectivity index is 2.59. The molecule has 0 aromatic carbocycles. The molecule has 0 saturated heterocycles. The number of aliphatic hydroxyl groups is 1. The van der Waals surface area contributed by atoms with Crippen LogP contribution in [0.2, 0.25) is 0 Å². The molecule has 0 aliphatic heterocycles. The van der Waals surface area contributed by atoms with Gasteiger partial charge in [-0.2, -0.15) is 0 Å². The van der Waals surface area contributed by atoms with Crippen molar-refractivity contribution in [2.45, 2.75) is 46.0 Å². The van der Waals surface area contributed by atoms with Gasteiger partial charge < -0.3 is 15.3 Å². The van der Waals surface area contributed by atoms with E-state index in [0.717, 1.165) is 32.1 Å². The minimum Gasteiger partial charge on any atom is -0.395 e. The Kier molecular flexibility index (Phi) is 7.20. The van der Waals surface area contributed by atoms with Crippen LogP contribution < -0.4 is 5.32 Å². The van der Waals surface area contributed by atoms with Crippen molar-refractivity contribution in [1.29, 1.82) is 0 Å². The Morgan fingerprint density at radius 1 is 1.28 bits per heavy atom. The highest BCUT2D eigenvalue weighted by molar-refractivity contribution is 4.89. The van der Waals surface area contributed by atoms with Crippen molar-refractivity contribution in [3.05, 3.63) is 0 Å². The van der Waals surface area contributed by atoms with E-state index in [1.54, 1.807) is 0 Å². The van der Waals surface area contributed by atoms with Crippen LogP contribution in [0.3, 0.4) is 0 Å². The first kappa shape index (κ1) is 15.9. The molecule has 0 spiro atoms. The van der Waals surface area contributed by atoms with E-state index in [4.69, 9.17) is 0 Å². The lowest BCUT2D eigenvalue weighted by molar-refractivity contribution is 0.0774. The summed E-state index contributed by atoms with van der Waals surface area (Å²) < 4.78 is 0. The predicted octanol–water partition coefficient (Wildman–Crippen LogP) is 2.11. The maximum absolute atomic E-state index is 9.19. The predicted molar refractivity (Wildman–Crippen MR) is 77.8 cm³/mol. The van der Waals surface area contributed by atoms with Gasteiger partial charge in [0.2, 0.25) is 0 Å². The zero-order chi connectivity index (χ0) is 13.4. The topological polar surface area (TPSA) is 35.5 Å². The highest BCUT2D eigenvalue weighted by Gasteiger charge is 2.34. The van der Waals surface area contributed by atoms with Crippen LogP contribution in [0.1, 0.15) is 46.0 Å². The normalized spacial score (nSPS) is 28.8. The van der Waals surface area contributed by atoms with Crippen LogP contribution in [-0.4, -0.2) is 49.8 Å². The molecule has 0 aromatic rings. The van der Waals surface area contributed by atoms with E-state index in [1.807, 2.05) is 0 Å². The molecule has 0 amide bonds. The summed E-state index contributed by atoms with van der Waals surface area (Å²) in [6.45, 7) is 9.09. The Labute approximate surface area is 113 Å². The lowest BCUT2D eigenvalue weighted by Gasteiger charge is -2.42. The largest absolute Gasteiger partial charge is 0.395 e. The van der Waals surface area contributed by atoms with Crippen LogP contribution in [0.4, 0.5) is 0 Å². The highest BCUT2D eigenvalue weighted by atomic mass is 16.3. The molecule has 108 valence electrons. The number of rotatable bonds is 8. The van der Waals surface area contributed by atoms with Crippen LogP contribution in [0.15, 0.2) is 0 Å². The van der Waals surface area contributed by atoms with E-state index >= 15 is 0 Å². The molecule has 0 unspecified atom stereocenters. The Morgan fingerprint density at radius 2 is 1.94 bits per heavy atom. The second-order valence-corrected chi connectivity index (χ2v) is 6.21. The molecule has 3 nitrogen and oxygen atoms in total. The van der Waals surface area contributed by atoms with Crippen LogP contribution in [0.25, 0.3) is 0 Å². The first-order valence-corrected chi connectivity index (χ1v) is 7.63. The standard InChI is InChI=1S/C15H32N2O/c1-4-9-17(10-11-18)13-15(12-16-3)7-5-14(2)6-8-15/h14,16,18H,4-13H2,1-3H3. The first-order chi connectivity index (χ1) is 8.65. The number of nitrogens with one attached hydrogen (secondary N) is 1. The number of hydrogen-bond donors (Lipinski definition) is 2. The van der Waals surface area contributed by atoms with E-state index in [1.165, 1.54) is 32.1 Å². The van der Waals surface area contributed by atoms with Gasteiger partial charge in [0.1, 0.15) is 0 Å². The average molecular weight is 256 g/mol. The van der Waals surface area contributed by atoms with Crippen molar-refractivity contribution in [2.24, 2.45) is 11.3 Å². The maximum atomic E-state index is 9.19. The quantitative estimate of drug-likeness (QED) is 0.698. The summed E-state index contributed by atoms with van der Waals surface area (Å²) in [5, 5.41) is 12.6. The molecular formula is C15H32N2O. The second-order valence-electron chi connectivity index (χ2n) is 6.21. The number of nitrogens with zero attached hydrogens (tertiary/aromatic N) is 1. The maximum Gasteiger partial charge on any atom is 0.0558 e. The summed E-state index contributed by atoms with van der Waals surface area (Å²) in [6.07, 6.45) is 6.56. The zero-order valence-electron chi connectivity index (χ0n) is 12.5. The van der Waals surface area contributed by atoms with Gasteiger partial charge in [-0.3, -0.25) is 0 Å². The van der Waals surface area contributed by atoms with Crippen LogP contribution in [-0.2, 0) is 0 Å². The molecule has 0 radical (unpaired) electrons. The molecule has 0 bridgehead atoms. The average Bonchev–Trinajstić information content (AvgIpc) is 2.34. The van der Waals surface area contributed by atoms with Crippen LogP contribution in [0, 0.1) is 11.3 Å². The second kappa shape index (κ2) is 8.13. The van der Waals surface area contributed by atoms with Crippen LogP contribution in [0.5, 0.6) is 0 Å². The fourth-order valence-corrected chi connectivity index (χ4v) is 3.34. The molecule has 0 heterocycles. The highest BCUT2D eigenvalue weighted by Crippen LogP contribution is 2.39. The lowest BCUT2D eigenvalue weighted by atomic mass is 9.70. The molecule has 3 heteroatoms. The van der Waals surface area contributed by atoms with Crippen molar-refractivity contribution in [3.8, 4) is 0 Å². The van der Waals surface area contributed by atoms with Gasteiger partial charge in [-0.05, 0) is 44.2 Å². The smallest absolute Gasteiger partial charge is 0.0558 e. The zero-order valence-corrected chi connectivity index (χ0v) is 12.5. The van der Waals surface area contributed by atoms with Crippen molar-refractivity contribution >= 4 is 0 Å². The van der Waals surface area contributed by atoms with Gasteiger partial charge in [0.25, 0.3) is 0 Å². The van der Waals surface area contributed by atoms with Crippen molar-refractivity contribution in [1.82, 2.24) is 10.2 Å². The van der Waals surface area contributed by atoms with Crippen LogP contribution >= 0.6 is 0 Å². The molecule has 1 aliphatic carbocycles. The minimum atomic E-state index is 0.284. The SMILES string of the molecule is CCCN(CCO)CC1(CNC)CCC(C)CC1. The molecule has 1 saturated carbocycles. The molecule has 2 N–H and O–H groups in total. The third kappa shape index (κ3) is 4.87. The fraction of sp³-hybridized carbons (Fsp3) is 1.00. The Bertz CT molecular complexity index is 207. The summed E-state index contributed by atoms with van der Waals surface area (Å²) in [6, 6.07) is 0. The summed E-state index contributed by atoms with van der Waals surface area (Å²) >= 11 is 0. The molecule has 0 aromatic heterocycles. The van der Waals surface area contributed by atoms with E-state index in [-0.39, 0.29) is 6.61 Å². The Hall–Kier alpha value is -0.120. The summed E-state index contributed by atoms with van der Waals surface area (Å²) in [5.74, 6) is 0.896. The molecular weight excluding hydrogens is 224 g/mol. The van der Waals surface area contributed by atoms with Gasteiger partial charge in [0, 0.05) is 19.6 Å². The third-order valence-electron chi connectivity index (χ3n) is 4.40. The summed E-state index contributed by atoms with van der Waals surface area (Å²) in [4.78, 5) is 2.45. The van der Waals surface area contributed by atoms with Gasteiger partial charge in [0.05, 0.1) is 6.61 Å². The third-order valence-corrected chi connectivity index (χ3v) is 4.40. The Morgan fingerprint density at radius 3 is 2.44 bits per heavy atom. The molecule has 1 rings (SSSR count). The minimum absolute atomic E-state index is 0.284. The molecule has 0 atom stereocenters. The van der Waals surface area contributed by atoms with Crippen molar-refractivity contribution < 1.29 is 5.11 Å². The molecule has 1 fully saturated rings. The molecule has 1 aliphatic rings. The van der Waals surface area contributed by atoms with Crippen molar-refractivity contribution in [3.63, 3.8) is 0 Å². The summed E-state index contributed by atoms with van der Waals surface area (Å²) in [7, 11) is 2.07. The van der Waals surface area contributed by atoms with E-state index in [9.17, 15) is 5.11 Å². The van der Waals surface area contributed by atoms with E-state index in [2.05, 4.69) is 31.1 Å². The monoisotopic (exact) mass is 256 g/mol. The van der Waals surface area contributed by atoms with Gasteiger partial charge in [0.15, 0.2) is 0 Å².